The lowest BCUT2D eigenvalue weighted by Crippen LogP contribution is -2.37. The summed E-state index contributed by atoms with van der Waals surface area (Å²) < 4.78 is 51.2. The average Bonchev–Trinajstić information content (AvgIpc) is 3.78. The van der Waals surface area contributed by atoms with Crippen LogP contribution in [-0.4, -0.2) is 104 Å². The van der Waals surface area contributed by atoms with Crippen molar-refractivity contribution < 1.29 is 57.3 Å². The van der Waals surface area contributed by atoms with Crippen molar-refractivity contribution in [1.29, 1.82) is 0 Å². The summed E-state index contributed by atoms with van der Waals surface area (Å²) in [6, 6.07) is 0. The normalized spacial score (nSPS) is 37.1. The highest BCUT2D eigenvalue weighted by Crippen LogP contribution is 2.58. The van der Waals surface area contributed by atoms with Gasteiger partial charge in [-0.25, -0.2) is 44.2 Å². The molecule has 3 aliphatic rings. The summed E-state index contributed by atoms with van der Waals surface area (Å²) >= 11 is 9.40. The van der Waals surface area contributed by atoms with Crippen LogP contribution in [0.15, 0.2) is 25.3 Å². The molecule has 22 nitrogen and oxygen atoms in total. The van der Waals surface area contributed by atoms with Gasteiger partial charge in [0.2, 0.25) is 0 Å². The molecule has 0 aromatic carbocycles. The second-order valence-corrected chi connectivity index (χ2v) is 15.8. The van der Waals surface area contributed by atoms with Crippen molar-refractivity contribution in [2.75, 3.05) is 24.7 Å². The lowest BCUT2D eigenvalue weighted by atomic mass is 10.1. The van der Waals surface area contributed by atoms with E-state index in [1.807, 2.05) is 0 Å². The van der Waals surface area contributed by atoms with Gasteiger partial charge in [0, 0.05) is 0 Å². The van der Waals surface area contributed by atoms with Crippen molar-refractivity contribution >= 4 is 71.5 Å². The Balaban J connectivity index is 1.22. The van der Waals surface area contributed by atoms with Gasteiger partial charge in [0.05, 0.1) is 25.9 Å². The van der Waals surface area contributed by atoms with Crippen molar-refractivity contribution in [3.63, 3.8) is 0 Å². The summed E-state index contributed by atoms with van der Waals surface area (Å²) in [5.41, 5.74) is 12.7. The molecule has 7 N–H and O–H groups in total. The Hall–Kier alpha value is -2.51. The van der Waals surface area contributed by atoms with E-state index in [4.69, 9.17) is 55.7 Å². The monoisotopic (exact) mass is 722 g/mol. The molecular formula is C20H24N10O12P2S2. The third kappa shape index (κ3) is 5.67. The van der Waals surface area contributed by atoms with E-state index in [9.17, 15) is 20.0 Å². The fourth-order valence-corrected chi connectivity index (χ4v) is 8.32. The van der Waals surface area contributed by atoms with Gasteiger partial charge in [0.15, 0.2) is 47.6 Å². The van der Waals surface area contributed by atoms with Crippen molar-refractivity contribution in [2.45, 2.75) is 49.1 Å². The topological polar surface area (TPSA) is 291 Å². The van der Waals surface area contributed by atoms with Crippen LogP contribution >= 0.6 is 25.8 Å². The van der Waals surface area contributed by atoms with Gasteiger partial charge in [-0.3, -0.25) is 33.2 Å². The standard InChI is InChI=1S/C20H24N10O12P2S2/c21-15-9-17(25-3-23-15)29(5-27-9)19-13(40-32)12-8(38-19)2-36-44(34,46)42-14-11(39-31)7(1-35-43(33,45)41-12)37-20(14)30-6-28-10-16(22)24-4-26-18(10)30/h3-8,11-14,19-20,31-32H,1-2H2,(H,33,45)(H,34,46)(H2,21,23,25)(H2,22,24,26)/t7-,8-,11+,12+,13+,14+,19-,20-,43?,44?/m1/s1. The number of thiol groups is 1. The van der Waals surface area contributed by atoms with E-state index in [0.717, 1.165) is 0 Å². The molecule has 4 aromatic rings. The molecule has 2 unspecified atom stereocenters. The van der Waals surface area contributed by atoms with Gasteiger partial charge in [0.1, 0.15) is 48.1 Å². The summed E-state index contributed by atoms with van der Waals surface area (Å²) in [7, 11) is 0. The molecule has 10 atom stereocenters. The molecular weight excluding hydrogens is 698 g/mol. The maximum Gasteiger partial charge on any atom is 0.386 e. The number of nitrogens with two attached hydrogens (primary N) is 2. The predicted molar refractivity (Wildman–Crippen MR) is 157 cm³/mol. The van der Waals surface area contributed by atoms with E-state index in [-0.39, 0.29) is 34.0 Å². The van der Waals surface area contributed by atoms with Crippen molar-refractivity contribution in [1.82, 2.24) is 39.0 Å². The van der Waals surface area contributed by atoms with Gasteiger partial charge < -0.3 is 30.4 Å². The Labute approximate surface area is 266 Å². The van der Waals surface area contributed by atoms with Crippen LogP contribution in [0, 0.1) is 0 Å². The van der Waals surface area contributed by atoms with Crippen LogP contribution in [0.3, 0.4) is 0 Å². The number of fused-ring (bicyclic) bond motifs is 5. The number of aromatic nitrogens is 8. The summed E-state index contributed by atoms with van der Waals surface area (Å²) in [6.07, 6.45) is -5.50. The highest BCUT2D eigenvalue weighted by Gasteiger charge is 2.55. The third-order valence-corrected chi connectivity index (χ3v) is 10.6. The van der Waals surface area contributed by atoms with E-state index >= 15 is 0 Å². The molecule has 0 amide bonds. The number of rotatable bonds is 4. The molecule has 0 aliphatic carbocycles. The summed E-state index contributed by atoms with van der Waals surface area (Å²) in [6.45, 7) is -9.72. The fraction of sp³-hybridized carbons (Fsp3) is 0.500. The molecule has 3 saturated heterocycles. The second kappa shape index (κ2) is 12.2. The molecule has 46 heavy (non-hydrogen) atoms. The maximum absolute atomic E-state index is 13.6. The van der Waals surface area contributed by atoms with Gasteiger partial charge in [-0.1, -0.05) is 12.2 Å². The molecule has 26 heteroatoms. The van der Waals surface area contributed by atoms with Gasteiger partial charge >= 0.3 is 13.5 Å². The Kier molecular flexibility index (Phi) is 8.49. The zero-order valence-electron chi connectivity index (χ0n) is 22.8. The Bertz CT molecular complexity index is 1870. The number of hydrogen-bond acceptors (Lipinski definition) is 20. The van der Waals surface area contributed by atoms with Crippen molar-refractivity contribution in [3.05, 3.63) is 25.3 Å². The predicted octanol–water partition coefficient (Wildman–Crippen LogP) is 0.414. The molecule has 0 spiro atoms. The van der Waals surface area contributed by atoms with Crippen LogP contribution in [0.25, 0.3) is 22.3 Å². The molecule has 0 radical (unpaired) electrons. The SMILES string of the molecule is Nc1ncnc2c1ncn2[C@@H]1O[C@@H]2COP(O)(=S)O[C@H]3[C@@H](OO)[C@@H](COP(=O)(S)O[C@@H]2[C@@H]1OO)O[C@H]3n1cnc2c(N)ncnc21. The van der Waals surface area contributed by atoms with Crippen LogP contribution < -0.4 is 11.5 Å². The zero-order chi connectivity index (χ0) is 32.4. The molecule has 7 heterocycles. The molecule has 0 saturated carbocycles. The number of anilines is 2. The number of imidazole rings is 2. The molecule has 3 aliphatic heterocycles. The molecule has 4 aromatic heterocycles. The smallest absolute Gasteiger partial charge is 0.382 e. The van der Waals surface area contributed by atoms with Crippen molar-refractivity contribution in [3.8, 4) is 0 Å². The average molecular weight is 723 g/mol. The Morgan fingerprint density at radius 3 is 2.00 bits per heavy atom. The summed E-state index contributed by atoms with van der Waals surface area (Å²) in [4.78, 5) is 45.1. The second-order valence-electron chi connectivity index (χ2n) is 10.1. The van der Waals surface area contributed by atoms with E-state index in [1.165, 1.54) is 34.4 Å². The first kappa shape index (κ1) is 32.1. The zero-order valence-corrected chi connectivity index (χ0v) is 26.3. The minimum atomic E-state index is -4.36. The Morgan fingerprint density at radius 1 is 0.826 bits per heavy atom. The van der Waals surface area contributed by atoms with Gasteiger partial charge in [0.25, 0.3) is 0 Å². The number of hydrogen-bond donors (Lipinski definition) is 6. The molecule has 248 valence electrons. The van der Waals surface area contributed by atoms with E-state index in [1.54, 1.807) is 0 Å². The van der Waals surface area contributed by atoms with Crippen molar-refractivity contribution in [2.24, 2.45) is 0 Å². The van der Waals surface area contributed by atoms with Crippen LogP contribution in [0.5, 0.6) is 0 Å². The molecule has 3 fully saturated rings. The lowest BCUT2D eigenvalue weighted by Gasteiger charge is -2.28. The number of ether oxygens (including phenoxy) is 2. The molecule has 2 bridgehead atoms. The van der Waals surface area contributed by atoms with Gasteiger partial charge in [-0.15, -0.1) is 0 Å². The summed E-state index contributed by atoms with van der Waals surface area (Å²) in [5.74, 6) is 0.158. The quantitative estimate of drug-likeness (QED) is 0.0719. The first-order chi connectivity index (χ1) is 22.0. The van der Waals surface area contributed by atoms with Gasteiger partial charge in [-0.2, -0.15) is 0 Å². The van der Waals surface area contributed by atoms with Crippen LogP contribution in [0.4, 0.5) is 11.6 Å². The first-order valence-electron chi connectivity index (χ1n) is 13.1. The minimum absolute atomic E-state index is 0.0779. The minimum Gasteiger partial charge on any atom is -0.382 e. The van der Waals surface area contributed by atoms with E-state index < -0.39 is 75.8 Å². The number of nitrogen functional groups attached to an aromatic ring is 2. The number of nitrogens with zero attached hydrogens (tertiary/aromatic N) is 8. The van der Waals surface area contributed by atoms with Gasteiger partial charge in [-0.05, 0) is 11.8 Å². The highest BCUT2D eigenvalue weighted by molar-refractivity contribution is 8.44. The van der Waals surface area contributed by atoms with Crippen LogP contribution in [-0.2, 0) is 53.7 Å². The lowest BCUT2D eigenvalue weighted by molar-refractivity contribution is -0.303. The largest absolute Gasteiger partial charge is 0.386 e. The third-order valence-electron chi connectivity index (χ3n) is 7.45. The van der Waals surface area contributed by atoms with Crippen LogP contribution in [0.2, 0.25) is 0 Å². The fourth-order valence-electron chi connectivity index (χ4n) is 5.43. The maximum atomic E-state index is 13.6. The summed E-state index contributed by atoms with van der Waals surface area (Å²) in [5, 5.41) is 19.8. The van der Waals surface area contributed by atoms with E-state index in [2.05, 4.69) is 47.0 Å². The highest BCUT2D eigenvalue weighted by atomic mass is 32.7. The van der Waals surface area contributed by atoms with E-state index in [0.29, 0.717) is 0 Å². The first-order valence-corrected chi connectivity index (χ1v) is 18.4. The van der Waals surface area contributed by atoms with Crippen LogP contribution in [0.1, 0.15) is 12.5 Å². The Morgan fingerprint density at radius 2 is 1.39 bits per heavy atom. The molecule has 7 rings (SSSR count).